The Kier molecular flexibility index (Phi) is 3.16. The second-order valence-electron chi connectivity index (χ2n) is 7.11. The van der Waals surface area contributed by atoms with Crippen molar-refractivity contribution in [1.82, 2.24) is 4.90 Å². The first-order valence-corrected chi connectivity index (χ1v) is 8.70. The predicted octanol–water partition coefficient (Wildman–Crippen LogP) is 4.45. The van der Waals surface area contributed by atoms with Crippen LogP contribution in [0.5, 0.6) is 0 Å². The van der Waals surface area contributed by atoms with Gasteiger partial charge >= 0.3 is 0 Å². The molecule has 4 unspecified atom stereocenters. The molecule has 116 valence electrons. The summed E-state index contributed by atoms with van der Waals surface area (Å²) in [5, 5.41) is 0. The monoisotopic (exact) mass is 314 g/mol. The molecule has 0 amide bonds. The second-order valence-corrected chi connectivity index (χ2v) is 7.56. The van der Waals surface area contributed by atoms with Crippen LogP contribution >= 0.6 is 11.6 Å². The van der Waals surface area contributed by atoms with E-state index < -0.39 is 0 Å². The van der Waals surface area contributed by atoms with Crippen molar-refractivity contribution in [3.8, 4) is 0 Å². The van der Waals surface area contributed by atoms with Crippen LogP contribution in [0, 0.1) is 11.3 Å². The van der Waals surface area contributed by atoms with Crippen LogP contribution in [0.1, 0.15) is 33.1 Å². The van der Waals surface area contributed by atoms with Gasteiger partial charge in [0.15, 0.2) is 0 Å². The molecule has 0 aromatic rings. The smallest absolute Gasteiger partial charge is 0.141 e. The third-order valence-corrected chi connectivity index (χ3v) is 6.43. The summed E-state index contributed by atoms with van der Waals surface area (Å²) in [4.78, 5) is 7.20. The largest absolute Gasteiger partial charge is 0.367 e. The van der Waals surface area contributed by atoms with E-state index in [1.165, 1.54) is 5.57 Å². The van der Waals surface area contributed by atoms with Crippen LogP contribution in [-0.4, -0.2) is 29.2 Å². The van der Waals surface area contributed by atoms with E-state index in [-0.39, 0.29) is 10.9 Å². The number of rotatable bonds is 2. The molecule has 2 heterocycles. The van der Waals surface area contributed by atoms with Gasteiger partial charge in [0, 0.05) is 29.9 Å². The maximum absolute atomic E-state index is 6.30. The van der Waals surface area contributed by atoms with E-state index in [2.05, 4.69) is 42.6 Å². The quantitative estimate of drug-likeness (QED) is 0.417. The lowest BCUT2D eigenvalue weighted by molar-refractivity contribution is 0.162. The number of fused-ring (bicyclic) bond motifs is 1. The Labute approximate surface area is 137 Å². The first-order chi connectivity index (χ1) is 10.6. The molecule has 3 heteroatoms. The molecular weight excluding hydrogens is 292 g/mol. The summed E-state index contributed by atoms with van der Waals surface area (Å²) in [7, 11) is 0. The lowest BCUT2D eigenvalue weighted by Crippen LogP contribution is -2.46. The van der Waals surface area contributed by atoms with Gasteiger partial charge in [-0.25, -0.2) is 0 Å². The van der Waals surface area contributed by atoms with Gasteiger partial charge < -0.3 is 4.90 Å². The van der Waals surface area contributed by atoms with Crippen LogP contribution in [-0.2, 0) is 0 Å². The minimum Gasteiger partial charge on any atom is -0.367 e. The molecule has 22 heavy (non-hydrogen) atoms. The minimum absolute atomic E-state index is 0.00498. The standard InChI is InChI=1S/C19H23ClN2/c1-4-9-22-16-7-6-15-13-5-8-18(20)21-11-19(15,3)12(2)17(22)10-14(13)16/h4-5,8,11-12,17-18H,1,6-7,9-10H2,2-3H3/b8-5-,21-11?. The maximum Gasteiger partial charge on any atom is 0.141 e. The molecule has 2 aliphatic heterocycles. The predicted molar refractivity (Wildman–Crippen MR) is 93.1 cm³/mol. The third kappa shape index (κ3) is 1.76. The molecule has 5 bridgehead atoms. The zero-order chi connectivity index (χ0) is 15.5. The highest BCUT2D eigenvalue weighted by Gasteiger charge is 2.50. The summed E-state index contributed by atoms with van der Waals surface area (Å²) in [6.07, 6.45) is 11.9. The molecule has 0 fully saturated rings. The van der Waals surface area contributed by atoms with Crippen molar-refractivity contribution in [3.63, 3.8) is 0 Å². The summed E-state index contributed by atoms with van der Waals surface area (Å²) < 4.78 is 0. The second kappa shape index (κ2) is 4.86. The number of alkyl halides is 1. The van der Waals surface area contributed by atoms with Crippen LogP contribution in [0.4, 0.5) is 0 Å². The van der Waals surface area contributed by atoms with Crippen LogP contribution in [0.15, 0.2) is 52.2 Å². The summed E-state index contributed by atoms with van der Waals surface area (Å²) in [5.74, 6) is 0.520. The normalized spacial score (nSPS) is 40.7. The van der Waals surface area contributed by atoms with Gasteiger partial charge in [-0.15, -0.1) is 6.58 Å². The average Bonchev–Trinajstić information content (AvgIpc) is 2.84. The van der Waals surface area contributed by atoms with Gasteiger partial charge in [0.2, 0.25) is 0 Å². The van der Waals surface area contributed by atoms with Gasteiger partial charge in [0.05, 0.1) is 0 Å². The Morgan fingerprint density at radius 1 is 1.50 bits per heavy atom. The van der Waals surface area contributed by atoms with Gasteiger partial charge in [-0.3, -0.25) is 4.99 Å². The van der Waals surface area contributed by atoms with Crippen LogP contribution < -0.4 is 0 Å². The SMILES string of the molecule is C=CCN1C2=C3CC1C(C)C1(C)C=NC(Cl)/C=C\C3=C1CC2. The van der Waals surface area contributed by atoms with Crippen LogP contribution in [0.2, 0.25) is 0 Å². The molecule has 0 N–H and O–H groups in total. The van der Waals surface area contributed by atoms with Gasteiger partial charge in [-0.2, -0.15) is 0 Å². The van der Waals surface area contributed by atoms with E-state index >= 15 is 0 Å². The molecule has 0 radical (unpaired) electrons. The van der Waals surface area contributed by atoms with Crippen LogP contribution in [0.25, 0.3) is 0 Å². The van der Waals surface area contributed by atoms with Crippen molar-refractivity contribution in [2.45, 2.75) is 44.7 Å². The highest BCUT2D eigenvalue weighted by Crippen LogP contribution is 2.56. The molecule has 0 aromatic heterocycles. The number of halogens is 1. The Hall–Kier alpha value is -1.28. The Balaban J connectivity index is 1.97. The Morgan fingerprint density at radius 3 is 3.09 bits per heavy atom. The van der Waals surface area contributed by atoms with Crippen molar-refractivity contribution >= 4 is 17.8 Å². The highest BCUT2D eigenvalue weighted by atomic mass is 35.5. The Bertz CT molecular complexity index is 654. The number of likely N-dealkylation sites (tertiary alicyclic amines) is 1. The number of nitrogens with zero attached hydrogens (tertiary/aromatic N) is 2. The fourth-order valence-electron chi connectivity index (χ4n) is 4.84. The average molecular weight is 315 g/mol. The first-order valence-electron chi connectivity index (χ1n) is 8.26. The van der Waals surface area contributed by atoms with Gasteiger partial charge in [-0.05, 0) is 42.4 Å². The minimum atomic E-state index is -0.243. The van der Waals surface area contributed by atoms with Crippen molar-refractivity contribution in [2.75, 3.05) is 6.54 Å². The van der Waals surface area contributed by atoms with E-state index in [4.69, 9.17) is 11.6 Å². The molecule has 0 spiro atoms. The molecule has 0 aromatic carbocycles. The fraction of sp³-hybridized carbons (Fsp3) is 0.526. The van der Waals surface area contributed by atoms with Gasteiger partial charge in [0.1, 0.15) is 5.50 Å². The Morgan fingerprint density at radius 2 is 2.32 bits per heavy atom. The number of aliphatic imine (C=N–C) groups is 1. The summed E-state index contributed by atoms with van der Waals surface area (Å²) >= 11 is 6.30. The van der Waals surface area contributed by atoms with Crippen molar-refractivity contribution in [2.24, 2.45) is 16.3 Å². The molecule has 0 saturated carbocycles. The zero-order valence-electron chi connectivity index (χ0n) is 13.3. The molecule has 2 aliphatic carbocycles. The summed E-state index contributed by atoms with van der Waals surface area (Å²) in [6, 6.07) is 0.549. The van der Waals surface area contributed by atoms with E-state index in [0.29, 0.717) is 12.0 Å². The first kappa shape index (κ1) is 14.3. The molecule has 2 nitrogen and oxygen atoms in total. The van der Waals surface area contributed by atoms with Gasteiger partial charge in [0.25, 0.3) is 0 Å². The molecule has 4 aliphatic rings. The summed E-state index contributed by atoms with van der Waals surface area (Å²) in [5.41, 5.74) is 5.88. The third-order valence-electron chi connectivity index (χ3n) is 6.18. The van der Waals surface area contributed by atoms with Crippen molar-refractivity contribution in [3.05, 3.63) is 47.2 Å². The number of hydrogen-bond acceptors (Lipinski definition) is 2. The van der Waals surface area contributed by atoms with Gasteiger partial charge in [-0.1, -0.05) is 43.2 Å². The number of hydrogen-bond donors (Lipinski definition) is 0. The molecule has 0 saturated heterocycles. The van der Waals surface area contributed by atoms with Crippen LogP contribution in [0.3, 0.4) is 0 Å². The molecule has 4 rings (SSSR count). The molecular formula is C19H23ClN2. The molecule has 4 atom stereocenters. The topological polar surface area (TPSA) is 15.6 Å². The lowest BCUT2D eigenvalue weighted by Gasteiger charge is -2.46. The van der Waals surface area contributed by atoms with E-state index in [1.54, 1.807) is 16.8 Å². The van der Waals surface area contributed by atoms with Crippen molar-refractivity contribution in [1.29, 1.82) is 0 Å². The highest BCUT2D eigenvalue weighted by molar-refractivity contribution is 6.22. The lowest BCUT2D eigenvalue weighted by atomic mass is 9.66. The van der Waals surface area contributed by atoms with Crippen molar-refractivity contribution < 1.29 is 0 Å². The zero-order valence-corrected chi connectivity index (χ0v) is 14.1. The maximum atomic E-state index is 6.30. The van der Waals surface area contributed by atoms with E-state index in [0.717, 1.165) is 25.8 Å². The number of allylic oxidation sites excluding steroid dienone is 4. The van der Waals surface area contributed by atoms with E-state index in [9.17, 15) is 0 Å². The summed E-state index contributed by atoms with van der Waals surface area (Å²) in [6.45, 7) is 9.66. The fourth-order valence-corrected chi connectivity index (χ4v) is 4.97. The van der Waals surface area contributed by atoms with E-state index in [1.807, 2.05) is 12.2 Å².